The lowest BCUT2D eigenvalue weighted by Crippen LogP contribution is -2.31. The first kappa shape index (κ1) is 17.7. The fourth-order valence-corrected chi connectivity index (χ4v) is 1.88. The van der Waals surface area contributed by atoms with Crippen molar-refractivity contribution in [3.8, 4) is 5.88 Å². The van der Waals surface area contributed by atoms with Gasteiger partial charge in [0.25, 0.3) is 5.91 Å². The van der Waals surface area contributed by atoms with E-state index in [2.05, 4.69) is 15.0 Å². The first-order chi connectivity index (χ1) is 11.3. The summed E-state index contributed by atoms with van der Waals surface area (Å²) in [4.78, 5) is 15.7. The summed E-state index contributed by atoms with van der Waals surface area (Å²) in [5, 5.41) is 2.65. The van der Waals surface area contributed by atoms with Crippen LogP contribution in [0.5, 0.6) is 5.88 Å². The molecule has 3 N–H and O–H groups in total. The molecule has 5 nitrogen and oxygen atoms in total. The van der Waals surface area contributed by atoms with Crippen molar-refractivity contribution in [2.45, 2.75) is 12.2 Å². The largest absolute Gasteiger partial charge is 0.468 e. The van der Waals surface area contributed by atoms with E-state index in [0.29, 0.717) is 0 Å². The normalized spacial score (nSPS) is 12.5. The topological polar surface area (TPSA) is 77.2 Å². The molecule has 1 unspecified atom stereocenters. The number of nitrogens with one attached hydrogen (secondary N) is 1. The molecule has 0 aliphatic heterocycles. The van der Waals surface area contributed by atoms with Gasteiger partial charge in [-0.1, -0.05) is 30.3 Å². The van der Waals surface area contributed by atoms with Crippen molar-refractivity contribution in [3.05, 3.63) is 59.8 Å². The van der Waals surface area contributed by atoms with Crippen LogP contribution in [0.2, 0.25) is 0 Å². The molecule has 0 aliphatic carbocycles. The molecule has 0 radical (unpaired) electrons. The maximum absolute atomic E-state index is 12.0. The number of benzene rings is 1. The Morgan fingerprint density at radius 3 is 2.50 bits per heavy atom. The van der Waals surface area contributed by atoms with Gasteiger partial charge in [-0.2, -0.15) is 13.2 Å². The first-order valence-electron chi connectivity index (χ1n) is 7.09. The van der Waals surface area contributed by atoms with Crippen LogP contribution < -0.4 is 15.8 Å². The van der Waals surface area contributed by atoms with Crippen LogP contribution in [0.15, 0.2) is 48.7 Å². The Hall–Kier alpha value is -2.61. The van der Waals surface area contributed by atoms with E-state index in [1.54, 1.807) is 0 Å². The van der Waals surface area contributed by atoms with Crippen LogP contribution in [0.3, 0.4) is 0 Å². The van der Waals surface area contributed by atoms with Gasteiger partial charge in [0.15, 0.2) is 6.61 Å². The molecule has 1 aromatic heterocycles. The van der Waals surface area contributed by atoms with E-state index in [9.17, 15) is 18.0 Å². The molecule has 0 aliphatic rings. The van der Waals surface area contributed by atoms with E-state index in [0.717, 1.165) is 11.8 Å². The van der Waals surface area contributed by atoms with Crippen molar-refractivity contribution in [2.24, 2.45) is 5.73 Å². The number of hydrogen-bond donors (Lipinski definition) is 2. The Kier molecular flexibility index (Phi) is 5.75. The van der Waals surface area contributed by atoms with Crippen molar-refractivity contribution in [3.63, 3.8) is 0 Å². The molecule has 1 amide bonds. The minimum atomic E-state index is -4.44. The number of halogens is 3. The minimum absolute atomic E-state index is 0.203. The molecular formula is C16H16F3N3O2. The average Bonchev–Trinajstić information content (AvgIpc) is 2.58. The van der Waals surface area contributed by atoms with Gasteiger partial charge in [0.1, 0.15) is 0 Å². The third-order valence-electron chi connectivity index (χ3n) is 3.09. The first-order valence-corrected chi connectivity index (χ1v) is 7.09. The number of hydrogen-bond acceptors (Lipinski definition) is 4. The summed E-state index contributed by atoms with van der Waals surface area (Å²) in [5.74, 6) is -0.624. The molecule has 8 heteroatoms. The molecule has 128 valence electrons. The molecule has 2 rings (SSSR count). The van der Waals surface area contributed by atoms with Crippen molar-refractivity contribution in [2.75, 3.05) is 13.2 Å². The van der Waals surface area contributed by atoms with E-state index in [1.165, 1.54) is 12.1 Å². The second-order valence-electron chi connectivity index (χ2n) is 5.02. The van der Waals surface area contributed by atoms with Gasteiger partial charge in [-0.25, -0.2) is 4.98 Å². The molecule has 24 heavy (non-hydrogen) atoms. The Balaban J connectivity index is 1.86. The van der Waals surface area contributed by atoms with Gasteiger partial charge in [-0.05, 0) is 11.6 Å². The summed E-state index contributed by atoms with van der Waals surface area (Å²) >= 11 is 0. The Bertz CT molecular complexity index is 661. The van der Waals surface area contributed by atoms with Crippen LogP contribution in [0.4, 0.5) is 13.2 Å². The number of alkyl halides is 3. The highest BCUT2D eigenvalue weighted by Gasteiger charge is 2.28. The monoisotopic (exact) mass is 339 g/mol. The zero-order valence-corrected chi connectivity index (χ0v) is 12.6. The summed E-state index contributed by atoms with van der Waals surface area (Å²) < 4.78 is 40.6. The predicted molar refractivity (Wildman–Crippen MR) is 81.5 cm³/mol. The van der Waals surface area contributed by atoms with Gasteiger partial charge >= 0.3 is 6.18 Å². The molecule has 1 aromatic carbocycles. The summed E-state index contributed by atoms with van der Waals surface area (Å²) in [5.41, 5.74) is 7.05. The molecule has 0 fully saturated rings. The zero-order valence-electron chi connectivity index (χ0n) is 12.6. The maximum Gasteiger partial charge on any atom is 0.422 e. The number of nitrogens with zero attached hydrogens (tertiary/aromatic N) is 1. The molecule has 0 spiro atoms. The number of carbonyl (C=O) groups excluding carboxylic acids is 1. The average molecular weight is 339 g/mol. The molecular weight excluding hydrogens is 323 g/mol. The van der Waals surface area contributed by atoms with Gasteiger partial charge in [-0.3, -0.25) is 4.79 Å². The highest BCUT2D eigenvalue weighted by Crippen LogP contribution is 2.17. The minimum Gasteiger partial charge on any atom is -0.468 e. The lowest BCUT2D eigenvalue weighted by molar-refractivity contribution is -0.154. The number of nitrogens with two attached hydrogens (primary N) is 1. The highest BCUT2D eigenvalue weighted by atomic mass is 19.4. The van der Waals surface area contributed by atoms with Gasteiger partial charge in [0.05, 0.1) is 5.56 Å². The Labute approximate surface area is 136 Å². The lowest BCUT2D eigenvalue weighted by Gasteiger charge is -2.13. The van der Waals surface area contributed by atoms with Gasteiger partial charge < -0.3 is 15.8 Å². The highest BCUT2D eigenvalue weighted by molar-refractivity contribution is 5.93. The maximum atomic E-state index is 12.0. The molecule has 0 bridgehead atoms. The molecule has 2 aromatic rings. The summed E-state index contributed by atoms with van der Waals surface area (Å²) in [6.45, 7) is -1.22. The number of aromatic nitrogens is 1. The third kappa shape index (κ3) is 5.54. The summed E-state index contributed by atoms with van der Waals surface area (Å²) in [6, 6.07) is 11.4. The molecule has 1 heterocycles. The smallest absolute Gasteiger partial charge is 0.422 e. The number of pyridine rings is 1. The van der Waals surface area contributed by atoms with Crippen LogP contribution in [-0.2, 0) is 0 Å². The zero-order chi connectivity index (χ0) is 17.6. The Morgan fingerprint density at radius 2 is 1.92 bits per heavy atom. The lowest BCUT2D eigenvalue weighted by atomic mass is 10.1. The molecule has 0 saturated carbocycles. The van der Waals surface area contributed by atoms with E-state index in [-0.39, 0.29) is 24.0 Å². The van der Waals surface area contributed by atoms with E-state index in [1.807, 2.05) is 30.3 Å². The van der Waals surface area contributed by atoms with Crippen molar-refractivity contribution in [1.29, 1.82) is 0 Å². The third-order valence-corrected chi connectivity index (χ3v) is 3.09. The predicted octanol–water partition coefficient (Wildman–Crippen LogP) is 2.45. The van der Waals surface area contributed by atoms with Crippen molar-refractivity contribution in [1.82, 2.24) is 10.3 Å². The summed E-state index contributed by atoms with van der Waals surface area (Å²) in [6.07, 6.45) is -3.29. The molecule has 1 atom stereocenters. The van der Waals surface area contributed by atoms with E-state index in [4.69, 9.17) is 5.73 Å². The van der Waals surface area contributed by atoms with Crippen LogP contribution in [0.25, 0.3) is 0 Å². The van der Waals surface area contributed by atoms with Crippen LogP contribution in [0, 0.1) is 0 Å². The van der Waals surface area contributed by atoms with E-state index < -0.39 is 18.7 Å². The quantitative estimate of drug-likeness (QED) is 0.847. The van der Waals surface area contributed by atoms with Crippen molar-refractivity contribution < 1.29 is 22.7 Å². The van der Waals surface area contributed by atoms with Gasteiger partial charge in [0.2, 0.25) is 5.88 Å². The standard InChI is InChI=1S/C16H16F3N3O2/c17-16(18,19)10-24-14-7-6-12(8-21-14)15(23)22-9-13(20)11-4-2-1-3-5-11/h1-8,13H,9-10,20H2,(H,22,23). The second-order valence-corrected chi connectivity index (χ2v) is 5.02. The van der Waals surface area contributed by atoms with Gasteiger partial charge in [-0.15, -0.1) is 0 Å². The fraction of sp³-hybridized carbons (Fsp3) is 0.250. The Morgan fingerprint density at radius 1 is 1.21 bits per heavy atom. The van der Waals surface area contributed by atoms with Crippen LogP contribution in [-0.4, -0.2) is 30.2 Å². The number of ether oxygens (including phenoxy) is 1. The van der Waals surface area contributed by atoms with Crippen molar-refractivity contribution >= 4 is 5.91 Å². The number of rotatable bonds is 6. The number of amides is 1. The van der Waals surface area contributed by atoms with E-state index >= 15 is 0 Å². The fourth-order valence-electron chi connectivity index (χ4n) is 1.88. The molecule has 0 saturated heterocycles. The number of carbonyl (C=O) groups is 1. The van der Waals surface area contributed by atoms with Crippen LogP contribution >= 0.6 is 0 Å². The van der Waals surface area contributed by atoms with Crippen LogP contribution in [0.1, 0.15) is 22.0 Å². The summed E-state index contributed by atoms with van der Waals surface area (Å²) in [7, 11) is 0. The van der Waals surface area contributed by atoms with Gasteiger partial charge in [0, 0.05) is 24.8 Å². The second kappa shape index (κ2) is 7.78. The SMILES string of the molecule is NC(CNC(=O)c1ccc(OCC(F)(F)F)nc1)c1ccccc1.